The molecule has 0 saturated heterocycles. The van der Waals surface area contributed by atoms with Crippen LogP contribution in [0.2, 0.25) is 0 Å². The van der Waals surface area contributed by atoms with Crippen molar-refractivity contribution >= 4 is 12.2 Å². The minimum atomic E-state index is -4.36. The Morgan fingerprint density at radius 3 is 2.20 bits per heavy atom. The zero-order valence-corrected chi connectivity index (χ0v) is 23.4. The number of hydrogen-bond donors (Lipinski definition) is 1. The van der Waals surface area contributed by atoms with Gasteiger partial charge in [0.2, 0.25) is 0 Å². The minimum Gasteiger partial charge on any atom is -0.325 e. The van der Waals surface area contributed by atoms with Crippen molar-refractivity contribution in [3.05, 3.63) is 92.5 Å². The first-order valence-electron chi connectivity index (χ1n) is 13.6. The maximum Gasteiger partial charge on any atom is 0.416 e. The molecule has 1 aliphatic carbocycles. The predicted molar refractivity (Wildman–Crippen MR) is 153 cm³/mol. The van der Waals surface area contributed by atoms with E-state index in [1.165, 1.54) is 12.1 Å². The number of halogens is 3. The maximum absolute atomic E-state index is 13.0. The highest BCUT2D eigenvalue weighted by Crippen LogP contribution is 2.32. The first-order chi connectivity index (χ1) is 19.2. The Hall–Kier alpha value is -3.50. The lowest BCUT2D eigenvalue weighted by Crippen LogP contribution is -2.28. The first-order valence-corrected chi connectivity index (χ1v) is 14.0. The minimum absolute atomic E-state index is 0.0903. The molecule has 0 radical (unpaired) electrons. The third-order valence-corrected chi connectivity index (χ3v) is 8.07. The van der Waals surface area contributed by atoms with Crippen LogP contribution in [-0.4, -0.2) is 43.6 Å². The van der Waals surface area contributed by atoms with Gasteiger partial charge in [-0.05, 0) is 73.4 Å². The maximum atomic E-state index is 13.0. The van der Waals surface area contributed by atoms with Crippen LogP contribution in [0.15, 0.2) is 59.5 Å². The molecule has 0 fully saturated rings. The van der Waals surface area contributed by atoms with Gasteiger partial charge in [-0.3, -0.25) is 9.78 Å². The van der Waals surface area contributed by atoms with Gasteiger partial charge in [0.15, 0.2) is 4.77 Å². The second-order valence-electron chi connectivity index (χ2n) is 10.0. The number of benzene rings is 2. The average molecular weight is 568 g/mol. The van der Waals surface area contributed by atoms with Gasteiger partial charge in [-0.1, -0.05) is 50.2 Å². The summed E-state index contributed by atoms with van der Waals surface area (Å²) in [5.41, 5.74) is 4.53. The molecule has 4 aromatic rings. The zero-order valence-electron chi connectivity index (χ0n) is 22.6. The number of aromatic nitrogens is 4. The summed E-state index contributed by atoms with van der Waals surface area (Å²) in [6, 6.07) is 13.0. The van der Waals surface area contributed by atoms with Crippen LogP contribution >= 0.6 is 12.2 Å². The Labute approximate surface area is 236 Å². The Kier molecular flexibility index (Phi) is 8.09. The molecule has 0 atom stereocenters. The number of likely N-dealkylation sites (N-methyl/N-ethyl adjacent to an activating group) is 1. The van der Waals surface area contributed by atoms with Gasteiger partial charge in [0.25, 0.3) is 5.56 Å². The largest absolute Gasteiger partial charge is 0.416 e. The molecule has 0 spiro atoms. The van der Waals surface area contributed by atoms with E-state index in [1.807, 2.05) is 35.0 Å². The van der Waals surface area contributed by atoms with E-state index in [9.17, 15) is 18.0 Å². The molecule has 40 heavy (non-hydrogen) atoms. The van der Waals surface area contributed by atoms with Crippen LogP contribution in [0, 0.1) is 4.77 Å². The highest BCUT2D eigenvalue weighted by Gasteiger charge is 2.30. The molecule has 6 nitrogen and oxygen atoms in total. The molecule has 0 aliphatic heterocycles. The molecular formula is C30H32F3N5OS. The number of nitrogens with zero attached hydrogens (tertiary/aromatic N) is 4. The number of alkyl halides is 3. The monoisotopic (exact) mass is 567 g/mol. The number of nitrogens with one attached hydrogen (secondary N) is 1. The number of imidazole rings is 1. The van der Waals surface area contributed by atoms with Crippen LogP contribution in [0.1, 0.15) is 42.9 Å². The summed E-state index contributed by atoms with van der Waals surface area (Å²) in [5.74, 6) is 0.853. The smallest absolute Gasteiger partial charge is 0.325 e. The van der Waals surface area contributed by atoms with Gasteiger partial charge >= 0.3 is 6.18 Å². The molecule has 10 heteroatoms. The van der Waals surface area contributed by atoms with E-state index < -0.39 is 11.7 Å². The van der Waals surface area contributed by atoms with Crippen molar-refractivity contribution in [1.29, 1.82) is 0 Å². The zero-order chi connectivity index (χ0) is 28.4. The van der Waals surface area contributed by atoms with Crippen molar-refractivity contribution in [3.63, 3.8) is 0 Å². The molecule has 1 N–H and O–H groups in total. The Morgan fingerprint density at radius 1 is 0.950 bits per heavy atom. The second kappa shape index (κ2) is 11.5. The summed E-state index contributed by atoms with van der Waals surface area (Å²) in [6.45, 7) is 8.20. The summed E-state index contributed by atoms with van der Waals surface area (Å²) in [7, 11) is 0. The molecule has 0 bridgehead atoms. The van der Waals surface area contributed by atoms with E-state index in [-0.39, 0.29) is 5.56 Å². The number of aromatic amines is 1. The molecule has 0 unspecified atom stereocenters. The van der Waals surface area contributed by atoms with Gasteiger partial charge in [-0.2, -0.15) is 13.2 Å². The lowest BCUT2D eigenvalue weighted by atomic mass is 10.0. The number of hydrogen-bond acceptors (Lipinski definition) is 4. The average Bonchev–Trinajstić information content (AvgIpc) is 3.59. The second-order valence-corrected chi connectivity index (χ2v) is 10.4. The van der Waals surface area contributed by atoms with Crippen molar-refractivity contribution in [2.75, 3.05) is 19.6 Å². The highest BCUT2D eigenvalue weighted by atomic mass is 32.1. The molecule has 2 aromatic heterocycles. The number of H-pyrrole nitrogens is 1. The summed E-state index contributed by atoms with van der Waals surface area (Å²) in [6.07, 6.45) is 0.0158. The quantitative estimate of drug-likeness (QED) is 0.240. The third-order valence-electron chi connectivity index (χ3n) is 7.75. The third kappa shape index (κ3) is 5.69. The van der Waals surface area contributed by atoms with Gasteiger partial charge in [-0.25, -0.2) is 4.98 Å². The van der Waals surface area contributed by atoms with Crippen molar-refractivity contribution in [2.45, 2.75) is 52.4 Å². The summed E-state index contributed by atoms with van der Waals surface area (Å²) in [4.78, 5) is 22.4. The standard InChI is InChI=1S/C30H32F3N5OS/c1-3-36(4-2)16-17-37-26(18-34-27(37)19-38-25-7-5-6-24(25)28(39)35-29(38)40)22-10-8-20(9-11-22)21-12-14-23(15-13-21)30(31,32)33/h8-15,18H,3-7,16-17,19H2,1-2H3,(H,35,39,40). The van der Waals surface area contributed by atoms with E-state index >= 15 is 0 Å². The molecule has 0 amide bonds. The summed E-state index contributed by atoms with van der Waals surface area (Å²) < 4.78 is 43.5. The van der Waals surface area contributed by atoms with Crippen LogP contribution < -0.4 is 5.56 Å². The lowest BCUT2D eigenvalue weighted by Gasteiger charge is -2.21. The van der Waals surface area contributed by atoms with Crippen LogP contribution in [0.5, 0.6) is 0 Å². The van der Waals surface area contributed by atoms with Crippen molar-refractivity contribution < 1.29 is 13.2 Å². The fourth-order valence-electron chi connectivity index (χ4n) is 5.43. The predicted octanol–water partition coefficient (Wildman–Crippen LogP) is 6.33. The molecule has 2 heterocycles. The lowest BCUT2D eigenvalue weighted by molar-refractivity contribution is -0.137. The van der Waals surface area contributed by atoms with E-state index in [2.05, 4.69) is 28.3 Å². The molecule has 2 aromatic carbocycles. The highest BCUT2D eigenvalue weighted by molar-refractivity contribution is 7.71. The van der Waals surface area contributed by atoms with Crippen LogP contribution in [0.25, 0.3) is 22.4 Å². The molecule has 1 aliphatic rings. The SMILES string of the molecule is CCN(CC)CCn1c(-c2ccc(-c3ccc(C(F)(F)F)cc3)cc2)cnc1Cn1c2c(c(=O)[nH]c1=S)CCC2. The Bertz CT molecular complexity index is 1600. The van der Waals surface area contributed by atoms with Gasteiger partial charge in [0.1, 0.15) is 5.82 Å². The van der Waals surface area contributed by atoms with Crippen molar-refractivity contribution in [1.82, 2.24) is 24.0 Å². The van der Waals surface area contributed by atoms with E-state index in [0.29, 0.717) is 11.3 Å². The van der Waals surface area contributed by atoms with Crippen LogP contribution in [0.4, 0.5) is 13.2 Å². The normalized spacial score (nSPS) is 13.2. The van der Waals surface area contributed by atoms with Crippen LogP contribution in [-0.2, 0) is 32.1 Å². The fraction of sp³-hybridized carbons (Fsp3) is 0.367. The van der Waals surface area contributed by atoms with Gasteiger partial charge in [-0.15, -0.1) is 0 Å². The van der Waals surface area contributed by atoms with E-state index in [1.54, 1.807) is 0 Å². The van der Waals surface area contributed by atoms with Crippen molar-refractivity contribution in [2.24, 2.45) is 0 Å². The topological polar surface area (TPSA) is 58.9 Å². The number of rotatable bonds is 9. The van der Waals surface area contributed by atoms with Crippen molar-refractivity contribution in [3.8, 4) is 22.4 Å². The fourth-order valence-corrected chi connectivity index (χ4v) is 5.70. The Morgan fingerprint density at radius 2 is 1.57 bits per heavy atom. The molecule has 5 rings (SSSR count). The molecule has 210 valence electrons. The van der Waals surface area contributed by atoms with Gasteiger partial charge < -0.3 is 14.0 Å². The molecule has 0 saturated carbocycles. The van der Waals surface area contributed by atoms with Crippen LogP contribution in [0.3, 0.4) is 0 Å². The number of fused-ring (bicyclic) bond motifs is 1. The van der Waals surface area contributed by atoms with Gasteiger partial charge in [0.05, 0.1) is 24.0 Å². The Balaban J connectivity index is 1.48. The van der Waals surface area contributed by atoms with E-state index in [0.717, 1.165) is 97.0 Å². The molecular weight excluding hydrogens is 535 g/mol. The van der Waals surface area contributed by atoms with E-state index in [4.69, 9.17) is 17.2 Å². The summed E-state index contributed by atoms with van der Waals surface area (Å²) >= 11 is 5.56. The summed E-state index contributed by atoms with van der Waals surface area (Å²) in [5, 5.41) is 0. The first kappa shape index (κ1) is 28.0. The van der Waals surface area contributed by atoms with Gasteiger partial charge in [0, 0.05) is 24.3 Å².